The molecule has 4 amide bonds. The van der Waals surface area contributed by atoms with Crippen LogP contribution in [0.1, 0.15) is 68.2 Å². The third-order valence-electron chi connectivity index (χ3n) is 9.25. The molecule has 9 nitrogen and oxygen atoms in total. The van der Waals surface area contributed by atoms with E-state index < -0.39 is 18.0 Å². The van der Waals surface area contributed by atoms with Crippen LogP contribution in [0.25, 0.3) is 10.9 Å². The van der Waals surface area contributed by atoms with E-state index in [0.29, 0.717) is 6.54 Å². The van der Waals surface area contributed by atoms with Gasteiger partial charge in [0.1, 0.15) is 25.2 Å². The topological polar surface area (TPSA) is 115 Å². The van der Waals surface area contributed by atoms with Crippen LogP contribution in [0.3, 0.4) is 0 Å². The molecule has 2 fully saturated rings. The minimum Gasteiger partial charge on any atom is -0.361 e. The van der Waals surface area contributed by atoms with Gasteiger partial charge in [0, 0.05) is 37.1 Å². The van der Waals surface area contributed by atoms with Crippen molar-refractivity contribution < 1.29 is 19.2 Å². The van der Waals surface area contributed by atoms with E-state index in [0.717, 1.165) is 67.0 Å². The van der Waals surface area contributed by atoms with Crippen LogP contribution in [0, 0.1) is 5.92 Å². The van der Waals surface area contributed by atoms with E-state index in [9.17, 15) is 19.2 Å². The number of aromatic nitrogens is 1. The molecule has 3 N–H and O–H groups in total. The van der Waals surface area contributed by atoms with Gasteiger partial charge in [0.2, 0.25) is 23.6 Å². The molecule has 0 radical (unpaired) electrons. The zero-order valence-corrected chi connectivity index (χ0v) is 26.2. The van der Waals surface area contributed by atoms with Crippen LogP contribution in [-0.4, -0.2) is 70.6 Å². The molecule has 234 valence electrons. The molecular weight excluding hydrogens is 554 g/mol. The molecule has 1 aromatic heterocycles. The Morgan fingerprint density at radius 1 is 1.00 bits per heavy atom. The highest BCUT2D eigenvalue weighted by atomic mass is 16.2. The monoisotopic (exact) mass is 599 g/mol. The molecule has 0 bridgehead atoms. The summed E-state index contributed by atoms with van der Waals surface area (Å²) in [7, 11) is 1.75. The lowest BCUT2D eigenvalue weighted by atomic mass is 9.82. The quantitative estimate of drug-likeness (QED) is 0.310. The number of carbonyl (C=O) groups is 4. The van der Waals surface area contributed by atoms with E-state index in [-0.39, 0.29) is 43.1 Å². The Hall–Kier alpha value is -4.14. The van der Waals surface area contributed by atoms with Crippen molar-refractivity contribution in [3.63, 3.8) is 0 Å². The summed E-state index contributed by atoms with van der Waals surface area (Å²) in [5.74, 6) is -1.05. The molecule has 1 aliphatic carbocycles. The van der Waals surface area contributed by atoms with Crippen LogP contribution in [0.4, 0.5) is 0 Å². The molecule has 2 aromatic carbocycles. The van der Waals surface area contributed by atoms with Gasteiger partial charge in [-0.2, -0.15) is 0 Å². The Morgan fingerprint density at radius 3 is 2.50 bits per heavy atom. The molecule has 44 heavy (non-hydrogen) atoms. The molecule has 3 aromatic rings. The van der Waals surface area contributed by atoms with Crippen LogP contribution in [0.2, 0.25) is 0 Å². The maximum atomic E-state index is 13.9. The predicted molar refractivity (Wildman–Crippen MR) is 171 cm³/mol. The Kier molecular flexibility index (Phi) is 10.0. The van der Waals surface area contributed by atoms with E-state index in [1.54, 1.807) is 11.9 Å². The van der Waals surface area contributed by atoms with Crippen molar-refractivity contribution in [3.05, 3.63) is 70.9 Å². The van der Waals surface area contributed by atoms with E-state index >= 15 is 0 Å². The highest BCUT2D eigenvalue weighted by Gasteiger charge is 2.39. The largest absolute Gasteiger partial charge is 0.361 e. The number of hydrogen-bond donors (Lipinski definition) is 3. The fraction of sp³-hybridized carbons (Fsp3) is 0.486. The second kappa shape index (κ2) is 14.1. The van der Waals surface area contributed by atoms with Crippen molar-refractivity contribution in [2.24, 2.45) is 5.92 Å². The summed E-state index contributed by atoms with van der Waals surface area (Å²) < 4.78 is 0. The van der Waals surface area contributed by atoms with E-state index in [1.807, 2.05) is 30.5 Å². The number of hydrogen-bond acceptors (Lipinski definition) is 4. The summed E-state index contributed by atoms with van der Waals surface area (Å²) in [4.78, 5) is 59.6. The van der Waals surface area contributed by atoms with Crippen molar-refractivity contribution in [2.45, 2.75) is 83.8 Å². The fourth-order valence-electron chi connectivity index (χ4n) is 6.85. The first-order chi connectivity index (χ1) is 21.3. The van der Waals surface area contributed by atoms with Crippen molar-refractivity contribution in [3.8, 4) is 0 Å². The number of aryl methyl sites for hydroxylation is 2. The first-order valence-electron chi connectivity index (χ1n) is 16.1. The molecule has 5 rings (SSSR count). The number of nitrogens with zero attached hydrogens (tertiary/aromatic N) is 2. The minimum absolute atomic E-state index is 0.0931. The number of fused-ring (bicyclic) bond motifs is 1. The average Bonchev–Trinajstić information content (AvgIpc) is 3.44. The number of para-hydroxylation sites is 1. The molecular formula is C35H45N5O4. The molecule has 1 saturated heterocycles. The van der Waals surface area contributed by atoms with Gasteiger partial charge in [0.05, 0.1) is 0 Å². The van der Waals surface area contributed by atoms with Gasteiger partial charge in [-0.3, -0.25) is 19.2 Å². The van der Waals surface area contributed by atoms with Crippen molar-refractivity contribution in [2.75, 3.05) is 20.1 Å². The fourth-order valence-corrected chi connectivity index (χ4v) is 6.85. The summed E-state index contributed by atoms with van der Waals surface area (Å²) >= 11 is 0. The zero-order chi connectivity index (χ0) is 31.2. The van der Waals surface area contributed by atoms with Crippen molar-refractivity contribution in [1.82, 2.24) is 25.4 Å². The van der Waals surface area contributed by atoms with E-state index in [4.69, 9.17) is 0 Å². The van der Waals surface area contributed by atoms with Gasteiger partial charge < -0.3 is 25.4 Å². The molecule has 1 aliphatic heterocycles. The van der Waals surface area contributed by atoms with Crippen molar-refractivity contribution in [1.29, 1.82) is 0 Å². The maximum Gasteiger partial charge on any atom is 0.246 e. The number of amides is 4. The average molecular weight is 600 g/mol. The third kappa shape index (κ3) is 7.14. The molecule has 2 unspecified atom stereocenters. The van der Waals surface area contributed by atoms with Gasteiger partial charge >= 0.3 is 0 Å². The number of nitrogens with one attached hydrogen (secondary N) is 3. The summed E-state index contributed by atoms with van der Waals surface area (Å²) in [5, 5.41) is 6.80. The van der Waals surface area contributed by atoms with Crippen LogP contribution >= 0.6 is 0 Å². The molecule has 2 aliphatic rings. The molecule has 2 heterocycles. The zero-order valence-electron chi connectivity index (χ0n) is 26.2. The van der Waals surface area contributed by atoms with E-state index in [1.165, 1.54) is 16.0 Å². The van der Waals surface area contributed by atoms with Gasteiger partial charge in [-0.15, -0.1) is 0 Å². The summed E-state index contributed by atoms with van der Waals surface area (Å²) in [5.41, 5.74) is 5.48. The second-order valence-corrected chi connectivity index (χ2v) is 12.3. The Bertz CT molecular complexity index is 1510. The van der Waals surface area contributed by atoms with Gasteiger partial charge in [-0.25, -0.2) is 0 Å². The van der Waals surface area contributed by atoms with Gasteiger partial charge in [0.25, 0.3) is 0 Å². The number of aromatic amines is 1. The number of benzene rings is 2. The first kappa shape index (κ1) is 31.3. The van der Waals surface area contributed by atoms with Gasteiger partial charge in [-0.05, 0) is 59.9 Å². The smallest absolute Gasteiger partial charge is 0.246 e. The lowest BCUT2D eigenvalue weighted by Gasteiger charge is -2.37. The number of likely N-dealkylation sites (N-methyl/N-ethyl adjacent to an activating group) is 1. The number of carbonyl (C=O) groups excluding carboxylic acids is 4. The number of H-pyrrole nitrogens is 1. The summed E-state index contributed by atoms with van der Waals surface area (Å²) in [6.45, 7) is 4.25. The van der Waals surface area contributed by atoms with Crippen LogP contribution in [0.15, 0.2) is 48.7 Å². The normalized spacial score (nSPS) is 18.2. The lowest BCUT2D eigenvalue weighted by Crippen LogP contribution is -2.62. The Morgan fingerprint density at radius 2 is 1.75 bits per heavy atom. The standard InChI is InChI=1S/C35H45N5O4/c1-4-24-16-15-23(17-25(24)5-2)20-39(3)34(43)30(18-27-19-36-29-14-10-9-13-28(27)29)37-31(41)21-40-22-32(42)38-33(35(40)44)26-11-7-6-8-12-26/h9-10,13-17,19,26,30,33,36H,4-8,11-12,18,20-22H2,1-3H3,(H,37,41)(H,38,42). The molecule has 9 heteroatoms. The SMILES string of the molecule is CCc1ccc(CN(C)C(=O)C(Cc2c[nH]c3ccccc23)NC(=O)CN2CC(=O)NC(C3CCCCC3)C2=O)cc1CC. The minimum atomic E-state index is -0.852. The maximum absolute atomic E-state index is 13.9. The van der Waals surface area contributed by atoms with E-state index in [2.05, 4.69) is 47.7 Å². The van der Waals surface area contributed by atoms with Crippen LogP contribution in [0.5, 0.6) is 0 Å². The predicted octanol–water partition coefficient (Wildman–Crippen LogP) is 3.89. The summed E-state index contributed by atoms with van der Waals surface area (Å²) in [6, 6.07) is 12.8. The number of rotatable bonds is 11. The Balaban J connectivity index is 1.32. The molecule has 0 spiro atoms. The first-order valence-corrected chi connectivity index (χ1v) is 16.1. The second-order valence-electron chi connectivity index (χ2n) is 12.3. The highest BCUT2D eigenvalue weighted by molar-refractivity contribution is 5.98. The Labute approximate surface area is 259 Å². The van der Waals surface area contributed by atoms with Gasteiger partial charge in [0.15, 0.2) is 0 Å². The van der Waals surface area contributed by atoms with Crippen LogP contribution < -0.4 is 10.6 Å². The third-order valence-corrected chi connectivity index (χ3v) is 9.25. The highest BCUT2D eigenvalue weighted by Crippen LogP contribution is 2.28. The van der Waals surface area contributed by atoms with Crippen molar-refractivity contribution >= 4 is 34.5 Å². The lowest BCUT2D eigenvalue weighted by molar-refractivity contribution is -0.148. The molecule has 2 atom stereocenters. The number of piperazine rings is 1. The van der Waals surface area contributed by atoms with Crippen LogP contribution in [-0.2, 0) is 45.0 Å². The van der Waals surface area contributed by atoms with Gasteiger partial charge in [-0.1, -0.05) is 69.5 Å². The summed E-state index contributed by atoms with van der Waals surface area (Å²) in [6.07, 6.45) is 9.05. The molecule has 1 saturated carbocycles.